The molecule has 20 heavy (non-hydrogen) atoms. The van der Waals surface area contributed by atoms with Crippen LogP contribution in [-0.4, -0.2) is 16.1 Å². The number of nitrogens with zero attached hydrogens (tertiary/aromatic N) is 2. The molecule has 3 nitrogen and oxygen atoms in total. The second-order valence-electron chi connectivity index (χ2n) is 4.62. The maximum atomic E-state index is 6.38. The maximum absolute atomic E-state index is 6.38. The lowest BCUT2D eigenvalue weighted by molar-refractivity contribution is 0.541. The van der Waals surface area contributed by atoms with Gasteiger partial charge < -0.3 is 9.88 Å². The van der Waals surface area contributed by atoms with Crippen molar-refractivity contribution in [2.75, 3.05) is 6.54 Å². The SMILES string of the molecule is CCCNC(c1cc(Br)ccc1Cl)c1nccn1CC. The van der Waals surface area contributed by atoms with E-state index < -0.39 is 0 Å². The molecule has 1 aromatic heterocycles. The summed E-state index contributed by atoms with van der Waals surface area (Å²) in [7, 11) is 0. The average molecular weight is 357 g/mol. The van der Waals surface area contributed by atoms with Crippen LogP contribution < -0.4 is 5.32 Å². The molecule has 0 fully saturated rings. The number of rotatable bonds is 6. The molecule has 1 heterocycles. The van der Waals surface area contributed by atoms with Gasteiger partial charge in [-0.1, -0.05) is 34.5 Å². The Labute approximate surface area is 133 Å². The molecule has 108 valence electrons. The van der Waals surface area contributed by atoms with Crippen molar-refractivity contribution in [3.05, 3.63) is 51.5 Å². The van der Waals surface area contributed by atoms with Crippen LogP contribution in [-0.2, 0) is 6.54 Å². The number of nitrogens with one attached hydrogen (secondary N) is 1. The van der Waals surface area contributed by atoms with E-state index in [1.165, 1.54) is 0 Å². The van der Waals surface area contributed by atoms with Crippen molar-refractivity contribution < 1.29 is 0 Å². The van der Waals surface area contributed by atoms with Crippen LogP contribution in [0.15, 0.2) is 35.1 Å². The van der Waals surface area contributed by atoms with E-state index in [1.807, 2.05) is 24.5 Å². The largest absolute Gasteiger partial charge is 0.334 e. The van der Waals surface area contributed by atoms with Crippen molar-refractivity contribution in [1.29, 1.82) is 0 Å². The summed E-state index contributed by atoms with van der Waals surface area (Å²) in [5.74, 6) is 1.00. The lowest BCUT2D eigenvalue weighted by Crippen LogP contribution is -2.26. The van der Waals surface area contributed by atoms with E-state index in [0.717, 1.165) is 40.4 Å². The molecule has 2 aromatic rings. The topological polar surface area (TPSA) is 29.9 Å². The van der Waals surface area contributed by atoms with Crippen LogP contribution in [0.5, 0.6) is 0 Å². The van der Waals surface area contributed by atoms with E-state index >= 15 is 0 Å². The molecule has 0 spiro atoms. The van der Waals surface area contributed by atoms with Crippen molar-refractivity contribution in [1.82, 2.24) is 14.9 Å². The molecule has 1 atom stereocenters. The van der Waals surface area contributed by atoms with Gasteiger partial charge in [-0.2, -0.15) is 0 Å². The van der Waals surface area contributed by atoms with Gasteiger partial charge in [0.1, 0.15) is 5.82 Å². The number of benzene rings is 1. The number of imidazole rings is 1. The second kappa shape index (κ2) is 7.25. The van der Waals surface area contributed by atoms with Gasteiger partial charge >= 0.3 is 0 Å². The number of aryl methyl sites for hydroxylation is 1. The molecule has 0 saturated heterocycles. The smallest absolute Gasteiger partial charge is 0.130 e. The van der Waals surface area contributed by atoms with E-state index in [4.69, 9.17) is 11.6 Å². The molecular formula is C15H19BrClN3. The van der Waals surface area contributed by atoms with Crippen LogP contribution >= 0.6 is 27.5 Å². The van der Waals surface area contributed by atoms with E-state index in [1.54, 1.807) is 0 Å². The van der Waals surface area contributed by atoms with Crippen LogP contribution in [0.4, 0.5) is 0 Å². The zero-order valence-corrected chi connectivity index (χ0v) is 14.1. The van der Waals surface area contributed by atoms with Crippen LogP contribution in [0, 0.1) is 0 Å². The highest BCUT2D eigenvalue weighted by Gasteiger charge is 2.20. The van der Waals surface area contributed by atoms with Crippen LogP contribution in [0.25, 0.3) is 0 Å². The predicted molar refractivity (Wildman–Crippen MR) is 87.2 cm³/mol. The van der Waals surface area contributed by atoms with Crippen LogP contribution in [0.2, 0.25) is 5.02 Å². The predicted octanol–water partition coefficient (Wildman–Crippen LogP) is 4.41. The molecule has 0 aliphatic heterocycles. The van der Waals surface area contributed by atoms with Gasteiger partial charge in [0, 0.05) is 28.4 Å². The summed E-state index contributed by atoms with van der Waals surface area (Å²) in [6.45, 7) is 6.08. The highest BCUT2D eigenvalue weighted by Crippen LogP contribution is 2.30. The molecular weight excluding hydrogens is 338 g/mol. The molecule has 2 rings (SSSR count). The first kappa shape index (κ1) is 15.5. The lowest BCUT2D eigenvalue weighted by atomic mass is 10.1. The maximum Gasteiger partial charge on any atom is 0.130 e. The first-order valence-electron chi connectivity index (χ1n) is 6.86. The van der Waals surface area contributed by atoms with Gasteiger partial charge in [-0.05, 0) is 43.7 Å². The van der Waals surface area contributed by atoms with Gasteiger partial charge in [-0.15, -0.1) is 0 Å². The standard InChI is InChI=1S/C15H19BrClN3/c1-3-7-18-14(15-19-8-9-20(15)4-2)12-10-11(16)5-6-13(12)17/h5-6,8-10,14,18H,3-4,7H2,1-2H3. The molecule has 0 bridgehead atoms. The summed E-state index contributed by atoms with van der Waals surface area (Å²) in [6, 6.07) is 5.94. The van der Waals surface area contributed by atoms with Crippen LogP contribution in [0.1, 0.15) is 37.7 Å². The van der Waals surface area contributed by atoms with E-state index in [9.17, 15) is 0 Å². The Morgan fingerprint density at radius 1 is 1.40 bits per heavy atom. The summed E-state index contributed by atoms with van der Waals surface area (Å²) >= 11 is 9.90. The lowest BCUT2D eigenvalue weighted by Gasteiger charge is -2.21. The van der Waals surface area contributed by atoms with Gasteiger partial charge in [0.05, 0.1) is 6.04 Å². The molecule has 0 radical (unpaired) electrons. The highest BCUT2D eigenvalue weighted by molar-refractivity contribution is 9.10. The normalized spacial score (nSPS) is 12.6. The Morgan fingerprint density at radius 3 is 2.90 bits per heavy atom. The molecule has 5 heteroatoms. The summed E-state index contributed by atoms with van der Waals surface area (Å²) < 4.78 is 3.17. The summed E-state index contributed by atoms with van der Waals surface area (Å²) in [6.07, 6.45) is 4.90. The number of aromatic nitrogens is 2. The number of halogens is 2. The molecule has 0 aliphatic rings. The third kappa shape index (κ3) is 3.43. The second-order valence-corrected chi connectivity index (χ2v) is 5.95. The van der Waals surface area contributed by atoms with Gasteiger partial charge in [0.2, 0.25) is 0 Å². The molecule has 0 amide bonds. The zero-order valence-electron chi connectivity index (χ0n) is 11.7. The first-order chi connectivity index (χ1) is 9.67. The minimum Gasteiger partial charge on any atom is -0.334 e. The number of hydrogen-bond donors (Lipinski definition) is 1. The molecule has 0 aliphatic carbocycles. The third-order valence-corrected chi connectivity index (χ3v) is 4.05. The fourth-order valence-electron chi connectivity index (χ4n) is 2.21. The number of hydrogen-bond acceptors (Lipinski definition) is 2. The van der Waals surface area contributed by atoms with Crippen LogP contribution in [0.3, 0.4) is 0 Å². The van der Waals surface area contributed by atoms with Crippen molar-refractivity contribution in [2.24, 2.45) is 0 Å². The Balaban J connectivity index is 2.44. The van der Waals surface area contributed by atoms with E-state index in [2.05, 4.69) is 50.7 Å². The zero-order chi connectivity index (χ0) is 14.5. The fourth-order valence-corrected chi connectivity index (χ4v) is 2.82. The Kier molecular flexibility index (Phi) is 5.64. The van der Waals surface area contributed by atoms with E-state index in [-0.39, 0.29) is 6.04 Å². The Morgan fingerprint density at radius 2 is 2.20 bits per heavy atom. The average Bonchev–Trinajstić information content (AvgIpc) is 2.91. The first-order valence-corrected chi connectivity index (χ1v) is 8.03. The summed E-state index contributed by atoms with van der Waals surface area (Å²) in [5.41, 5.74) is 1.05. The highest BCUT2D eigenvalue weighted by atomic mass is 79.9. The van der Waals surface area contributed by atoms with Gasteiger partial charge in [0.25, 0.3) is 0 Å². The molecule has 0 saturated carbocycles. The van der Waals surface area contributed by atoms with Gasteiger partial charge in [0.15, 0.2) is 0 Å². The molecule has 1 unspecified atom stereocenters. The summed E-state index contributed by atoms with van der Waals surface area (Å²) in [4.78, 5) is 4.51. The van der Waals surface area contributed by atoms with Crippen molar-refractivity contribution in [2.45, 2.75) is 32.9 Å². The van der Waals surface area contributed by atoms with Gasteiger partial charge in [-0.25, -0.2) is 4.98 Å². The minimum atomic E-state index is 0.00917. The molecule has 1 aromatic carbocycles. The molecule has 1 N–H and O–H groups in total. The van der Waals surface area contributed by atoms with Crippen molar-refractivity contribution >= 4 is 27.5 Å². The van der Waals surface area contributed by atoms with Gasteiger partial charge in [-0.3, -0.25) is 0 Å². The quantitative estimate of drug-likeness (QED) is 0.831. The van der Waals surface area contributed by atoms with E-state index in [0.29, 0.717) is 0 Å². The fraction of sp³-hybridized carbons (Fsp3) is 0.400. The van der Waals surface area contributed by atoms with Crippen molar-refractivity contribution in [3.8, 4) is 0 Å². The Bertz CT molecular complexity index is 568. The van der Waals surface area contributed by atoms with Crippen molar-refractivity contribution in [3.63, 3.8) is 0 Å². The third-order valence-electron chi connectivity index (χ3n) is 3.21. The minimum absolute atomic E-state index is 0.00917. The monoisotopic (exact) mass is 355 g/mol. The summed E-state index contributed by atoms with van der Waals surface area (Å²) in [5, 5.41) is 4.30. The Hall–Kier alpha value is -0.840.